The predicted octanol–water partition coefficient (Wildman–Crippen LogP) is 2.05. The van der Waals surface area contributed by atoms with E-state index in [1.807, 2.05) is 11.8 Å². The molecule has 2 amide bonds. The zero-order chi connectivity index (χ0) is 19.0. The molecule has 142 valence electrons. The zero-order valence-electron chi connectivity index (χ0n) is 15.6. The van der Waals surface area contributed by atoms with E-state index in [0.717, 1.165) is 6.42 Å². The lowest BCUT2D eigenvalue weighted by Crippen LogP contribution is -2.57. The zero-order valence-corrected chi connectivity index (χ0v) is 15.6. The van der Waals surface area contributed by atoms with Gasteiger partial charge in [0.25, 0.3) is 5.91 Å². The third-order valence-corrected chi connectivity index (χ3v) is 5.98. The summed E-state index contributed by atoms with van der Waals surface area (Å²) in [7, 11) is 0. The predicted molar refractivity (Wildman–Crippen MR) is 98.8 cm³/mol. The van der Waals surface area contributed by atoms with Gasteiger partial charge in [-0.2, -0.15) is 5.26 Å². The highest BCUT2D eigenvalue weighted by Gasteiger charge is 2.46. The second-order valence-corrected chi connectivity index (χ2v) is 7.89. The highest BCUT2D eigenvalue weighted by Crippen LogP contribution is 2.42. The second kappa shape index (κ2) is 7.32. The summed E-state index contributed by atoms with van der Waals surface area (Å²) in [5, 5.41) is 9.03. The number of carbonyl (C=O) groups is 2. The maximum atomic E-state index is 13.1. The van der Waals surface area contributed by atoms with Gasteiger partial charge in [-0.05, 0) is 50.3 Å². The Morgan fingerprint density at radius 3 is 2.74 bits per heavy atom. The number of nitriles is 1. The van der Waals surface area contributed by atoms with Crippen LogP contribution in [0.5, 0.6) is 0 Å². The van der Waals surface area contributed by atoms with Gasteiger partial charge in [0, 0.05) is 37.8 Å². The maximum absolute atomic E-state index is 13.1. The lowest BCUT2D eigenvalue weighted by atomic mass is 9.95. The first-order chi connectivity index (χ1) is 13.1. The molecule has 4 rings (SSSR count). The molecule has 2 aliphatic heterocycles. The van der Waals surface area contributed by atoms with Crippen LogP contribution in [-0.2, 0) is 9.53 Å². The highest BCUT2D eigenvalue weighted by molar-refractivity contribution is 5.94. The molecule has 2 saturated heterocycles. The summed E-state index contributed by atoms with van der Waals surface area (Å²) in [6, 6.07) is 8.83. The van der Waals surface area contributed by atoms with Crippen LogP contribution in [0.15, 0.2) is 24.3 Å². The molecule has 1 aromatic carbocycles. The Hall–Kier alpha value is -2.39. The summed E-state index contributed by atoms with van der Waals surface area (Å²) in [6.07, 6.45) is 3.26. The number of piperazine rings is 1. The molecule has 3 fully saturated rings. The molecule has 2 heterocycles. The minimum Gasteiger partial charge on any atom is -0.377 e. The van der Waals surface area contributed by atoms with Crippen LogP contribution in [0.3, 0.4) is 0 Å². The largest absolute Gasteiger partial charge is 0.377 e. The van der Waals surface area contributed by atoms with Crippen molar-refractivity contribution in [3.05, 3.63) is 35.4 Å². The van der Waals surface area contributed by atoms with Gasteiger partial charge in [-0.15, -0.1) is 0 Å². The topological polar surface area (TPSA) is 73.6 Å². The van der Waals surface area contributed by atoms with Crippen molar-refractivity contribution in [2.45, 2.75) is 38.3 Å². The number of hydrogen-bond acceptors (Lipinski definition) is 4. The molecule has 1 unspecified atom stereocenters. The third kappa shape index (κ3) is 3.57. The fourth-order valence-electron chi connectivity index (χ4n) is 4.35. The minimum absolute atomic E-state index is 0.0187. The van der Waals surface area contributed by atoms with Crippen molar-refractivity contribution in [1.82, 2.24) is 9.80 Å². The van der Waals surface area contributed by atoms with Crippen molar-refractivity contribution in [2.24, 2.45) is 11.8 Å². The first-order valence-corrected chi connectivity index (χ1v) is 9.80. The van der Waals surface area contributed by atoms with Crippen molar-refractivity contribution in [2.75, 3.05) is 26.2 Å². The Labute approximate surface area is 159 Å². The molecule has 3 aliphatic rings. The number of benzene rings is 1. The summed E-state index contributed by atoms with van der Waals surface area (Å²) in [4.78, 5) is 29.6. The van der Waals surface area contributed by atoms with E-state index in [9.17, 15) is 9.59 Å². The maximum Gasteiger partial charge on any atom is 0.254 e. The Morgan fingerprint density at radius 2 is 2.04 bits per heavy atom. The number of rotatable bonds is 3. The average molecular weight is 367 g/mol. The van der Waals surface area contributed by atoms with Gasteiger partial charge in [0.15, 0.2) is 0 Å². The molecule has 0 N–H and O–H groups in total. The number of ether oxygens (including phenoxy) is 1. The van der Waals surface area contributed by atoms with Gasteiger partial charge in [0.2, 0.25) is 5.91 Å². The Morgan fingerprint density at radius 1 is 1.22 bits per heavy atom. The van der Waals surface area contributed by atoms with Gasteiger partial charge < -0.3 is 14.5 Å². The summed E-state index contributed by atoms with van der Waals surface area (Å²) in [6.45, 7) is 4.28. The van der Waals surface area contributed by atoms with Crippen LogP contribution in [0.1, 0.15) is 42.1 Å². The standard InChI is InChI=1S/C21H25N3O3/c1-14-13-23(20(25)17-4-2-3-15(11-17)12-22)8-9-24(14)21(26)18-7-10-27-19(18)16-5-6-16/h2-4,11,14,16,18-19H,5-10,13H2,1H3/t14?,18-,19+/m1/s1. The Balaban J connectivity index is 1.40. The molecule has 27 heavy (non-hydrogen) atoms. The highest BCUT2D eigenvalue weighted by atomic mass is 16.5. The van der Waals surface area contributed by atoms with Gasteiger partial charge >= 0.3 is 0 Å². The van der Waals surface area contributed by atoms with Crippen LogP contribution in [0.25, 0.3) is 0 Å². The monoisotopic (exact) mass is 367 g/mol. The van der Waals surface area contributed by atoms with E-state index >= 15 is 0 Å². The lowest BCUT2D eigenvalue weighted by molar-refractivity contribution is -0.141. The van der Waals surface area contributed by atoms with E-state index in [4.69, 9.17) is 10.00 Å². The third-order valence-electron chi connectivity index (χ3n) is 5.98. The van der Waals surface area contributed by atoms with Crippen molar-refractivity contribution in [3.63, 3.8) is 0 Å². The fraction of sp³-hybridized carbons (Fsp3) is 0.571. The minimum atomic E-state index is -0.0777. The van der Waals surface area contributed by atoms with Crippen LogP contribution in [0.4, 0.5) is 0 Å². The number of hydrogen-bond donors (Lipinski definition) is 0. The molecule has 0 radical (unpaired) electrons. The Kier molecular flexibility index (Phi) is 4.88. The van der Waals surface area contributed by atoms with Crippen LogP contribution in [0, 0.1) is 23.2 Å². The molecule has 6 heteroatoms. The van der Waals surface area contributed by atoms with E-state index in [1.54, 1.807) is 29.2 Å². The molecule has 3 atom stereocenters. The number of carbonyl (C=O) groups excluding carboxylic acids is 2. The van der Waals surface area contributed by atoms with Gasteiger partial charge in [0.05, 0.1) is 23.7 Å². The molecule has 0 aromatic heterocycles. The van der Waals surface area contributed by atoms with E-state index in [-0.39, 0.29) is 29.9 Å². The van der Waals surface area contributed by atoms with Gasteiger partial charge in [-0.25, -0.2) is 0 Å². The van der Waals surface area contributed by atoms with Crippen LogP contribution in [0.2, 0.25) is 0 Å². The smallest absolute Gasteiger partial charge is 0.254 e. The Bertz CT molecular complexity index is 783. The number of nitrogens with zero attached hydrogens (tertiary/aromatic N) is 3. The lowest BCUT2D eigenvalue weighted by Gasteiger charge is -2.41. The molecule has 0 bridgehead atoms. The van der Waals surface area contributed by atoms with Crippen LogP contribution < -0.4 is 0 Å². The first kappa shape index (κ1) is 18.0. The van der Waals surface area contributed by atoms with Crippen molar-refractivity contribution in [3.8, 4) is 6.07 Å². The SMILES string of the molecule is CC1CN(C(=O)c2cccc(C#N)c2)CCN1C(=O)[C@@H]1CCO[C@H]1C1CC1. The molecular formula is C21H25N3O3. The van der Waals surface area contributed by atoms with E-state index < -0.39 is 0 Å². The summed E-state index contributed by atoms with van der Waals surface area (Å²) in [5.74, 6) is 0.656. The molecule has 1 aliphatic carbocycles. The molecule has 1 saturated carbocycles. The van der Waals surface area contributed by atoms with Crippen LogP contribution in [-0.4, -0.2) is 60.0 Å². The molecule has 6 nitrogen and oxygen atoms in total. The average Bonchev–Trinajstić information content (AvgIpc) is 3.43. The first-order valence-electron chi connectivity index (χ1n) is 9.80. The normalized spacial score (nSPS) is 28.1. The molecular weight excluding hydrogens is 342 g/mol. The van der Waals surface area contributed by atoms with Gasteiger partial charge in [-0.1, -0.05) is 6.07 Å². The van der Waals surface area contributed by atoms with E-state index in [2.05, 4.69) is 6.07 Å². The van der Waals surface area contributed by atoms with E-state index in [1.165, 1.54) is 12.8 Å². The van der Waals surface area contributed by atoms with Crippen molar-refractivity contribution < 1.29 is 14.3 Å². The quantitative estimate of drug-likeness (QED) is 0.820. The second-order valence-electron chi connectivity index (χ2n) is 7.89. The van der Waals surface area contributed by atoms with E-state index in [0.29, 0.717) is 43.3 Å². The van der Waals surface area contributed by atoms with Crippen LogP contribution >= 0.6 is 0 Å². The molecule has 0 spiro atoms. The molecule has 1 aromatic rings. The summed E-state index contributed by atoms with van der Waals surface area (Å²) >= 11 is 0. The fourth-order valence-corrected chi connectivity index (χ4v) is 4.35. The van der Waals surface area contributed by atoms with Gasteiger partial charge in [-0.3, -0.25) is 9.59 Å². The summed E-state index contributed by atoms with van der Waals surface area (Å²) < 4.78 is 5.84. The van der Waals surface area contributed by atoms with Gasteiger partial charge in [0.1, 0.15) is 0 Å². The summed E-state index contributed by atoms with van der Waals surface area (Å²) in [5.41, 5.74) is 1.01. The van der Waals surface area contributed by atoms with Crippen molar-refractivity contribution in [1.29, 1.82) is 5.26 Å². The number of amides is 2. The van der Waals surface area contributed by atoms with Crippen molar-refractivity contribution >= 4 is 11.8 Å².